The summed E-state index contributed by atoms with van der Waals surface area (Å²) in [5.74, 6) is -0.857. The van der Waals surface area contributed by atoms with E-state index in [-0.39, 0.29) is 51.1 Å². The highest BCUT2D eigenvalue weighted by Gasteiger charge is 2.36. The van der Waals surface area contributed by atoms with Crippen LogP contribution in [0.4, 0.5) is 0 Å². The van der Waals surface area contributed by atoms with E-state index in [9.17, 15) is 25.2 Å². The summed E-state index contributed by atoms with van der Waals surface area (Å²) < 4.78 is 5.76. The molecule has 0 spiro atoms. The first-order valence-corrected chi connectivity index (χ1v) is 10.3. The Balaban J connectivity index is 1.82. The first-order valence-electron chi connectivity index (χ1n) is 10.3. The molecule has 6 heteroatoms. The fourth-order valence-electron chi connectivity index (χ4n) is 4.65. The maximum Gasteiger partial charge on any atom is 0.197 e. The molecule has 2 aromatic carbocycles. The first-order chi connectivity index (χ1) is 14.6. The third-order valence-electron chi connectivity index (χ3n) is 6.50. The van der Waals surface area contributed by atoms with E-state index in [2.05, 4.69) is 20.4 Å². The number of rotatable bonds is 3. The van der Waals surface area contributed by atoms with Gasteiger partial charge in [0.05, 0.1) is 0 Å². The maximum absolute atomic E-state index is 12.9. The van der Waals surface area contributed by atoms with Crippen molar-refractivity contribution in [3.8, 4) is 34.3 Å². The molecule has 1 heterocycles. The summed E-state index contributed by atoms with van der Waals surface area (Å²) in [7, 11) is 0. The van der Waals surface area contributed by atoms with E-state index in [1.165, 1.54) is 30.3 Å². The number of hydrogen-bond acceptors (Lipinski definition) is 6. The predicted molar refractivity (Wildman–Crippen MR) is 119 cm³/mol. The largest absolute Gasteiger partial charge is 0.507 e. The van der Waals surface area contributed by atoms with Gasteiger partial charge in [0.2, 0.25) is 0 Å². The molecule has 1 fully saturated rings. The van der Waals surface area contributed by atoms with Crippen LogP contribution in [0.1, 0.15) is 38.7 Å². The molecule has 1 aromatic heterocycles. The second-order valence-electron chi connectivity index (χ2n) is 9.03. The van der Waals surface area contributed by atoms with Gasteiger partial charge in [0.1, 0.15) is 28.2 Å². The van der Waals surface area contributed by atoms with Gasteiger partial charge >= 0.3 is 0 Å². The van der Waals surface area contributed by atoms with Gasteiger partial charge in [-0.05, 0) is 55.2 Å². The summed E-state index contributed by atoms with van der Waals surface area (Å²) in [6.45, 7) is 8.52. The van der Waals surface area contributed by atoms with Crippen LogP contribution in [0.25, 0.3) is 22.3 Å². The topological polar surface area (TPSA) is 111 Å². The van der Waals surface area contributed by atoms with Gasteiger partial charge in [0.25, 0.3) is 0 Å². The molecule has 31 heavy (non-hydrogen) atoms. The predicted octanol–water partition coefficient (Wildman–Crippen LogP) is 5.21. The maximum atomic E-state index is 12.9. The van der Waals surface area contributed by atoms with Gasteiger partial charge in [-0.25, -0.2) is 0 Å². The molecule has 1 atom stereocenters. The van der Waals surface area contributed by atoms with E-state index in [1.54, 1.807) is 0 Å². The van der Waals surface area contributed by atoms with Gasteiger partial charge in [-0.15, -0.1) is 0 Å². The summed E-state index contributed by atoms with van der Waals surface area (Å²) >= 11 is 0. The van der Waals surface area contributed by atoms with Crippen LogP contribution in [0.3, 0.4) is 0 Å². The zero-order valence-electron chi connectivity index (χ0n) is 17.6. The van der Waals surface area contributed by atoms with Crippen molar-refractivity contribution in [2.24, 2.45) is 11.3 Å². The Bertz CT molecular complexity index is 1250. The average molecular weight is 422 g/mol. The molecule has 1 aliphatic carbocycles. The SMILES string of the molecule is C=C1CCCC(C)(C)[C@H]1Cc1c(O)cc2oc(-c3ccc(O)c(O)c3)cc(=O)c2c1O. The Morgan fingerprint density at radius 3 is 2.48 bits per heavy atom. The van der Waals surface area contributed by atoms with E-state index < -0.39 is 5.43 Å². The average Bonchev–Trinajstić information content (AvgIpc) is 2.68. The Morgan fingerprint density at radius 2 is 1.81 bits per heavy atom. The van der Waals surface area contributed by atoms with Crippen molar-refractivity contribution in [3.63, 3.8) is 0 Å². The van der Waals surface area contributed by atoms with Crippen LogP contribution >= 0.6 is 0 Å². The lowest BCUT2D eigenvalue weighted by molar-refractivity contribution is 0.187. The molecule has 0 amide bonds. The van der Waals surface area contributed by atoms with Crippen LogP contribution in [-0.4, -0.2) is 20.4 Å². The quantitative estimate of drug-likeness (QED) is 0.341. The molecule has 162 valence electrons. The minimum atomic E-state index is -0.468. The molecule has 0 saturated heterocycles. The molecule has 1 aliphatic rings. The lowest BCUT2D eigenvalue weighted by Crippen LogP contribution is -2.31. The van der Waals surface area contributed by atoms with Crippen molar-refractivity contribution in [2.45, 2.75) is 39.5 Å². The third kappa shape index (κ3) is 3.63. The summed E-state index contributed by atoms with van der Waals surface area (Å²) in [6, 6.07) is 6.60. The van der Waals surface area contributed by atoms with E-state index in [1.807, 2.05) is 0 Å². The molecule has 4 N–H and O–H groups in total. The number of hydrogen-bond donors (Lipinski definition) is 4. The molecular formula is C25H26O6. The van der Waals surface area contributed by atoms with Crippen LogP contribution in [0, 0.1) is 11.3 Å². The highest BCUT2D eigenvalue weighted by molar-refractivity contribution is 5.88. The second kappa shape index (κ2) is 7.38. The molecule has 0 radical (unpaired) electrons. The Kier molecular flexibility index (Phi) is 4.96. The fourth-order valence-corrected chi connectivity index (χ4v) is 4.65. The van der Waals surface area contributed by atoms with Crippen molar-refractivity contribution in [1.29, 1.82) is 0 Å². The van der Waals surface area contributed by atoms with E-state index in [0.29, 0.717) is 17.5 Å². The minimum Gasteiger partial charge on any atom is -0.507 e. The summed E-state index contributed by atoms with van der Waals surface area (Å²) in [5.41, 5.74) is 1.32. The summed E-state index contributed by atoms with van der Waals surface area (Å²) in [6.07, 6.45) is 3.38. The standard InChI is InChI=1S/C25H26O6/c1-13-5-4-8-25(2,3)16(13)10-15-18(27)11-22-23(24(15)30)20(29)12-21(31-22)14-6-7-17(26)19(28)9-14/h6-7,9,11-12,16,26-28,30H,1,4-5,8,10H2,2-3H3/t16-/m0/s1. The van der Waals surface area contributed by atoms with Gasteiger partial charge in [0.15, 0.2) is 16.9 Å². The third-order valence-corrected chi connectivity index (χ3v) is 6.50. The number of fused-ring (bicyclic) bond motifs is 1. The van der Waals surface area contributed by atoms with Crippen LogP contribution in [0.5, 0.6) is 23.0 Å². The van der Waals surface area contributed by atoms with Crippen LogP contribution in [0.2, 0.25) is 0 Å². The summed E-state index contributed by atoms with van der Waals surface area (Å²) in [5, 5.41) is 40.8. The molecule has 3 aromatic rings. The van der Waals surface area contributed by atoms with Crippen molar-refractivity contribution in [1.82, 2.24) is 0 Å². The van der Waals surface area contributed by atoms with E-state index in [0.717, 1.165) is 24.8 Å². The highest BCUT2D eigenvalue weighted by atomic mass is 16.3. The van der Waals surface area contributed by atoms with Crippen molar-refractivity contribution < 1.29 is 24.8 Å². The lowest BCUT2D eigenvalue weighted by atomic mass is 9.64. The Morgan fingerprint density at radius 1 is 1.06 bits per heavy atom. The zero-order chi connectivity index (χ0) is 22.5. The number of allylic oxidation sites excluding steroid dienone is 1. The van der Waals surface area contributed by atoms with Crippen LogP contribution < -0.4 is 5.43 Å². The second-order valence-corrected chi connectivity index (χ2v) is 9.03. The van der Waals surface area contributed by atoms with Gasteiger partial charge in [-0.2, -0.15) is 0 Å². The highest BCUT2D eigenvalue weighted by Crippen LogP contribution is 2.47. The molecule has 0 unspecified atom stereocenters. The Hall–Kier alpha value is -3.41. The molecule has 0 bridgehead atoms. The van der Waals surface area contributed by atoms with Crippen LogP contribution in [-0.2, 0) is 6.42 Å². The van der Waals surface area contributed by atoms with Gasteiger partial charge in [0, 0.05) is 23.3 Å². The monoisotopic (exact) mass is 422 g/mol. The van der Waals surface area contributed by atoms with Crippen molar-refractivity contribution in [2.75, 3.05) is 0 Å². The minimum absolute atomic E-state index is 0.00113. The van der Waals surface area contributed by atoms with Crippen molar-refractivity contribution in [3.05, 3.63) is 58.3 Å². The fraction of sp³-hybridized carbons (Fsp3) is 0.320. The number of benzene rings is 2. The van der Waals surface area contributed by atoms with Crippen molar-refractivity contribution >= 4 is 11.0 Å². The van der Waals surface area contributed by atoms with Crippen LogP contribution in [0.15, 0.2) is 51.7 Å². The lowest BCUT2D eigenvalue weighted by Gasteiger charge is -2.40. The number of phenols is 4. The number of phenolic OH excluding ortho intramolecular Hbond substituents is 4. The van der Waals surface area contributed by atoms with Gasteiger partial charge in [-0.3, -0.25) is 4.79 Å². The van der Waals surface area contributed by atoms with Gasteiger partial charge in [-0.1, -0.05) is 26.0 Å². The van der Waals surface area contributed by atoms with E-state index in [4.69, 9.17) is 4.42 Å². The molecule has 4 rings (SSSR count). The van der Waals surface area contributed by atoms with E-state index >= 15 is 0 Å². The normalized spacial score (nSPS) is 18.4. The molecule has 6 nitrogen and oxygen atoms in total. The van der Waals surface area contributed by atoms with Gasteiger partial charge < -0.3 is 24.8 Å². The molecule has 0 aliphatic heterocycles. The molecule has 1 saturated carbocycles. The smallest absolute Gasteiger partial charge is 0.197 e. The molecular weight excluding hydrogens is 396 g/mol. The number of aromatic hydroxyl groups is 4. The first kappa shape index (κ1) is 20.8. The Labute approximate surface area is 179 Å². The zero-order valence-corrected chi connectivity index (χ0v) is 17.6. The summed E-state index contributed by atoms with van der Waals surface area (Å²) in [4.78, 5) is 12.9.